The minimum absolute atomic E-state index is 0.460. The fourth-order valence-corrected chi connectivity index (χ4v) is 1.91. The third-order valence-corrected chi connectivity index (χ3v) is 2.75. The van der Waals surface area contributed by atoms with E-state index in [1.54, 1.807) is 0 Å². The van der Waals surface area contributed by atoms with Gasteiger partial charge in [-0.15, -0.1) is 6.58 Å². The summed E-state index contributed by atoms with van der Waals surface area (Å²) in [5, 5.41) is 3.54. The quantitative estimate of drug-likeness (QED) is 0.710. The van der Waals surface area contributed by atoms with E-state index in [-0.39, 0.29) is 0 Å². The molecule has 0 aliphatic rings. The summed E-state index contributed by atoms with van der Waals surface area (Å²) in [6.07, 6.45) is 2.22. The van der Waals surface area contributed by atoms with Gasteiger partial charge in [-0.05, 0) is 38.8 Å². The zero-order valence-corrected chi connectivity index (χ0v) is 10.7. The number of rotatable bonds is 6. The van der Waals surface area contributed by atoms with Crippen molar-refractivity contribution in [2.45, 2.75) is 39.7 Å². The Labute approximate surface area is 99.6 Å². The molecule has 0 aliphatic carbocycles. The standard InChI is InChI=1S/C15H23N/c1-5-16-15(10-9-12(2)3)14-8-6-7-13(4)11-14/h6-8,11,15-16H,2,5,9-10H2,1,3-4H3. The highest BCUT2D eigenvalue weighted by Gasteiger charge is 2.09. The lowest BCUT2D eigenvalue weighted by Gasteiger charge is -2.18. The lowest BCUT2D eigenvalue weighted by atomic mass is 9.98. The van der Waals surface area contributed by atoms with Crippen molar-refractivity contribution in [1.82, 2.24) is 5.32 Å². The van der Waals surface area contributed by atoms with Crippen molar-refractivity contribution >= 4 is 0 Å². The summed E-state index contributed by atoms with van der Waals surface area (Å²) in [7, 11) is 0. The van der Waals surface area contributed by atoms with Crippen LogP contribution in [-0.2, 0) is 0 Å². The molecule has 0 radical (unpaired) electrons. The summed E-state index contributed by atoms with van der Waals surface area (Å²) in [5.74, 6) is 0. The van der Waals surface area contributed by atoms with Gasteiger partial charge in [-0.2, -0.15) is 0 Å². The summed E-state index contributed by atoms with van der Waals surface area (Å²) < 4.78 is 0. The minimum atomic E-state index is 0.460. The van der Waals surface area contributed by atoms with Gasteiger partial charge in [0.2, 0.25) is 0 Å². The molecule has 1 nitrogen and oxygen atoms in total. The molecule has 0 saturated carbocycles. The molecule has 1 unspecified atom stereocenters. The van der Waals surface area contributed by atoms with Crippen LogP contribution in [0.5, 0.6) is 0 Å². The second kappa shape index (κ2) is 6.49. The topological polar surface area (TPSA) is 12.0 Å². The number of hydrogen-bond acceptors (Lipinski definition) is 1. The normalized spacial score (nSPS) is 12.4. The zero-order chi connectivity index (χ0) is 12.0. The number of benzene rings is 1. The van der Waals surface area contributed by atoms with Crippen molar-refractivity contribution in [2.24, 2.45) is 0 Å². The van der Waals surface area contributed by atoms with Crippen LogP contribution in [0.1, 0.15) is 43.9 Å². The van der Waals surface area contributed by atoms with E-state index < -0.39 is 0 Å². The van der Waals surface area contributed by atoms with E-state index in [0.717, 1.165) is 19.4 Å². The molecular formula is C15H23N. The fourth-order valence-electron chi connectivity index (χ4n) is 1.91. The third kappa shape index (κ3) is 4.19. The lowest BCUT2D eigenvalue weighted by molar-refractivity contribution is 0.514. The van der Waals surface area contributed by atoms with Crippen LogP contribution in [-0.4, -0.2) is 6.54 Å². The van der Waals surface area contributed by atoms with Crippen LogP contribution in [0.15, 0.2) is 36.4 Å². The van der Waals surface area contributed by atoms with E-state index >= 15 is 0 Å². The predicted molar refractivity (Wildman–Crippen MR) is 71.6 cm³/mol. The molecule has 0 bridgehead atoms. The van der Waals surface area contributed by atoms with Crippen LogP contribution in [0, 0.1) is 6.92 Å². The molecule has 88 valence electrons. The maximum absolute atomic E-state index is 3.97. The Morgan fingerprint density at radius 3 is 2.75 bits per heavy atom. The highest BCUT2D eigenvalue weighted by molar-refractivity contribution is 5.25. The number of allylic oxidation sites excluding steroid dienone is 1. The summed E-state index contributed by atoms with van der Waals surface area (Å²) >= 11 is 0. The molecule has 0 aromatic heterocycles. The second-order valence-electron chi connectivity index (χ2n) is 4.52. The molecule has 0 amide bonds. The Hall–Kier alpha value is -1.08. The Kier molecular flexibility index (Phi) is 5.27. The number of hydrogen-bond donors (Lipinski definition) is 1. The lowest BCUT2D eigenvalue weighted by Crippen LogP contribution is -2.20. The first kappa shape index (κ1) is 13.0. The molecule has 0 saturated heterocycles. The van der Waals surface area contributed by atoms with E-state index in [2.05, 4.69) is 56.9 Å². The third-order valence-electron chi connectivity index (χ3n) is 2.75. The molecule has 0 aliphatic heterocycles. The van der Waals surface area contributed by atoms with Gasteiger partial charge < -0.3 is 5.32 Å². The average molecular weight is 217 g/mol. The highest BCUT2D eigenvalue weighted by atomic mass is 14.9. The average Bonchev–Trinajstić information content (AvgIpc) is 2.24. The van der Waals surface area contributed by atoms with Gasteiger partial charge in [0.1, 0.15) is 0 Å². The monoisotopic (exact) mass is 217 g/mol. The van der Waals surface area contributed by atoms with E-state index in [0.29, 0.717) is 6.04 Å². The summed E-state index contributed by atoms with van der Waals surface area (Å²) in [4.78, 5) is 0. The molecule has 0 fully saturated rings. The largest absolute Gasteiger partial charge is 0.310 e. The molecule has 1 aromatic carbocycles. The van der Waals surface area contributed by atoms with Gasteiger partial charge in [0.25, 0.3) is 0 Å². The van der Waals surface area contributed by atoms with Crippen LogP contribution in [0.3, 0.4) is 0 Å². The van der Waals surface area contributed by atoms with Crippen molar-refractivity contribution in [3.05, 3.63) is 47.5 Å². The molecule has 1 rings (SSSR count). The maximum atomic E-state index is 3.97. The zero-order valence-electron chi connectivity index (χ0n) is 10.7. The van der Waals surface area contributed by atoms with Crippen LogP contribution in [0.4, 0.5) is 0 Å². The van der Waals surface area contributed by atoms with Crippen LogP contribution in [0.2, 0.25) is 0 Å². The van der Waals surface area contributed by atoms with E-state index in [4.69, 9.17) is 0 Å². The van der Waals surface area contributed by atoms with Gasteiger partial charge >= 0.3 is 0 Å². The molecular weight excluding hydrogens is 194 g/mol. The molecule has 16 heavy (non-hydrogen) atoms. The van der Waals surface area contributed by atoms with Crippen LogP contribution in [0.25, 0.3) is 0 Å². The van der Waals surface area contributed by atoms with Crippen molar-refractivity contribution in [1.29, 1.82) is 0 Å². The minimum Gasteiger partial charge on any atom is -0.310 e. The molecule has 1 aromatic rings. The first-order valence-electron chi connectivity index (χ1n) is 6.07. The SMILES string of the molecule is C=C(C)CCC(NCC)c1cccc(C)c1. The smallest absolute Gasteiger partial charge is 0.0323 e. The Morgan fingerprint density at radius 1 is 1.44 bits per heavy atom. The van der Waals surface area contributed by atoms with Crippen molar-refractivity contribution < 1.29 is 0 Å². The summed E-state index contributed by atoms with van der Waals surface area (Å²) in [6, 6.07) is 9.22. The summed E-state index contributed by atoms with van der Waals surface area (Å²) in [5.41, 5.74) is 3.98. The number of aryl methyl sites for hydroxylation is 1. The second-order valence-corrected chi connectivity index (χ2v) is 4.52. The van der Waals surface area contributed by atoms with E-state index in [1.165, 1.54) is 16.7 Å². The molecule has 1 N–H and O–H groups in total. The van der Waals surface area contributed by atoms with Gasteiger partial charge in [-0.1, -0.05) is 42.3 Å². The Balaban J connectivity index is 2.72. The molecule has 0 spiro atoms. The van der Waals surface area contributed by atoms with Crippen LogP contribution >= 0.6 is 0 Å². The molecule has 1 atom stereocenters. The van der Waals surface area contributed by atoms with Gasteiger partial charge in [0.15, 0.2) is 0 Å². The van der Waals surface area contributed by atoms with Gasteiger partial charge in [-0.25, -0.2) is 0 Å². The van der Waals surface area contributed by atoms with E-state index in [9.17, 15) is 0 Å². The number of nitrogens with one attached hydrogen (secondary N) is 1. The van der Waals surface area contributed by atoms with E-state index in [1.807, 2.05) is 0 Å². The Morgan fingerprint density at radius 2 is 2.19 bits per heavy atom. The first-order chi connectivity index (χ1) is 7.63. The summed E-state index contributed by atoms with van der Waals surface area (Å²) in [6.45, 7) is 11.4. The van der Waals surface area contributed by atoms with Crippen LogP contribution < -0.4 is 5.32 Å². The van der Waals surface area contributed by atoms with Crippen molar-refractivity contribution in [2.75, 3.05) is 6.54 Å². The highest BCUT2D eigenvalue weighted by Crippen LogP contribution is 2.21. The molecule has 1 heteroatoms. The van der Waals surface area contributed by atoms with Gasteiger partial charge in [0, 0.05) is 6.04 Å². The van der Waals surface area contributed by atoms with Crippen molar-refractivity contribution in [3.63, 3.8) is 0 Å². The molecule has 0 heterocycles. The van der Waals surface area contributed by atoms with Gasteiger partial charge in [0.05, 0.1) is 0 Å². The predicted octanol–water partition coefficient (Wildman–Crippen LogP) is 4.00. The maximum Gasteiger partial charge on any atom is 0.0323 e. The first-order valence-corrected chi connectivity index (χ1v) is 6.07. The van der Waals surface area contributed by atoms with Crippen molar-refractivity contribution in [3.8, 4) is 0 Å². The Bertz CT molecular complexity index is 341. The van der Waals surface area contributed by atoms with Gasteiger partial charge in [-0.3, -0.25) is 0 Å². The fraction of sp³-hybridized carbons (Fsp3) is 0.467.